The van der Waals surface area contributed by atoms with Crippen molar-refractivity contribution in [2.75, 3.05) is 6.61 Å². The van der Waals surface area contributed by atoms with Gasteiger partial charge in [-0.3, -0.25) is 14.5 Å². The van der Waals surface area contributed by atoms with Crippen LogP contribution in [0.25, 0.3) is 0 Å². The van der Waals surface area contributed by atoms with Crippen molar-refractivity contribution in [2.24, 2.45) is 0 Å². The Balaban J connectivity index is 1.60. The zero-order valence-electron chi connectivity index (χ0n) is 15.8. The highest BCUT2D eigenvalue weighted by molar-refractivity contribution is 6.03. The van der Waals surface area contributed by atoms with Crippen LogP contribution in [-0.4, -0.2) is 53.1 Å². The van der Waals surface area contributed by atoms with Gasteiger partial charge in [0.15, 0.2) is 23.7 Å². The summed E-state index contributed by atoms with van der Waals surface area (Å²) in [5, 5.41) is 10.1. The Morgan fingerprint density at radius 2 is 1.86 bits per heavy atom. The maximum Gasteiger partial charge on any atom is 0.231 e. The van der Waals surface area contributed by atoms with Crippen LogP contribution in [-0.2, 0) is 35.1 Å². The van der Waals surface area contributed by atoms with Crippen molar-refractivity contribution in [2.45, 2.75) is 63.1 Å². The third-order valence-electron chi connectivity index (χ3n) is 5.26. The van der Waals surface area contributed by atoms with E-state index in [0.717, 1.165) is 10.5 Å². The van der Waals surface area contributed by atoms with E-state index in [1.165, 1.54) is 0 Å². The number of imide groups is 1. The fraction of sp³-hybridized carbons (Fsp3) is 0.550. The molecule has 0 saturated carbocycles. The summed E-state index contributed by atoms with van der Waals surface area (Å²) in [6.07, 6.45) is -2.49. The van der Waals surface area contributed by atoms with Crippen LogP contribution in [0.5, 0.6) is 0 Å². The Labute approximate surface area is 162 Å². The van der Waals surface area contributed by atoms with Gasteiger partial charge in [-0.05, 0) is 19.4 Å². The standard InChI is InChI=1S/C20H22N2O6/c1-19(2)27-17-18(28-19)26-14(11-25-10-13-6-4-3-5-7-13)20(17,12-21)22-15(23)8-9-16(22)24/h3-7,14,17-18H,8-11H2,1-2H3/t14-,17+,18-,20-/m1/s1. The minimum atomic E-state index is -1.63. The molecule has 8 nitrogen and oxygen atoms in total. The van der Waals surface area contributed by atoms with Gasteiger partial charge in [-0.15, -0.1) is 0 Å². The second-order valence-corrected chi connectivity index (χ2v) is 7.61. The number of fused-ring (bicyclic) bond motifs is 1. The van der Waals surface area contributed by atoms with Crippen LogP contribution in [0, 0.1) is 11.3 Å². The number of hydrogen-bond donors (Lipinski definition) is 0. The van der Waals surface area contributed by atoms with Crippen molar-refractivity contribution < 1.29 is 28.5 Å². The summed E-state index contributed by atoms with van der Waals surface area (Å²) in [4.78, 5) is 26.0. The van der Waals surface area contributed by atoms with Gasteiger partial charge in [0.05, 0.1) is 19.3 Å². The van der Waals surface area contributed by atoms with Crippen LogP contribution in [0.15, 0.2) is 30.3 Å². The van der Waals surface area contributed by atoms with Crippen LogP contribution in [0.3, 0.4) is 0 Å². The molecule has 148 valence electrons. The fourth-order valence-corrected chi connectivity index (χ4v) is 4.05. The lowest BCUT2D eigenvalue weighted by Gasteiger charge is -2.38. The minimum Gasteiger partial charge on any atom is -0.374 e. The molecule has 0 aliphatic carbocycles. The molecule has 3 aliphatic heterocycles. The molecule has 0 aromatic heterocycles. The van der Waals surface area contributed by atoms with E-state index < -0.39 is 41.6 Å². The SMILES string of the molecule is CC1(C)O[C@H]2O[C@H](COCc3ccccc3)[C@@](C#N)(N3C(=O)CCC3=O)[C@H]2O1. The number of hydrogen-bond acceptors (Lipinski definition) is 7. The molecule has 0 N–H and O–H groups in total. The first kappa shape index (κ1) is 19.0. The summed E-state index contributed by atoms with van der Waals surface area (Å²) in [6.45, 7) is 3.73. The van der Waals surface area contributed by atoms with E-state index >= 15 is 0 Å². The maximum atomic E-state index is 12.5. The number of carbonyl (C=O) groups excluding carboxylic acids is 2. The van der Waals surface area contributed by atoms with Gasteiger partial charge in [-0.2, -0.15) is 5.26 Å². The van der Waals surface area contributed by atoms with Gasteiger partial charge in [-0.1, -0.05) is 30.3 Å². The zero-order valence-corrected chi connectivity index (χ0v) is 15.8. The number of benzene rings is 1. The zero-order chi connectivity index (χ0) is 19.9. The van der Waals surface area contributed by atoms with E-state index in [0.29, 0.717) is 6.61 Å². The lowest BCUT2D eigenvalue weighted by Crippen LogP contribution is -2.63. The normalized spacial score (nSPS) is 33.9. The van der Waals surface area contributed by atoms with Gasteiger partial charge >= 0.3 is 0 Å². The molecule has 1 aromatic carbocycles. The number of rotatable bonds is 5. The summed E-state index contributed by atoms with van der Waals surface area (Å²) in [7, 11) is 0. The van der Waals surface area contributed by atoms with Gasteiger partial charge in [0, 0.05) is 12.8 Å². The number of likely N-dealkylation sites (tertiary alicyclic amines) is 1. The molecule has 0 spiro atoms. The lowest BCUT2D eigenvalue weighted by atomic mass is 9.87. The van der Waals surface area contributed by atoms with Crippen LogP contribution >= 0.6 is 0 Å². The van der Waals surface area contributed by atoms with Crippen LogP contribution in [0.4, 0.5) is 0 Å². The lowest BCUT2D eigenvalue weighted by molar-refractivity contribution is -0.222. The number of nitrogens with zero attached hydrogens (tertiary/aromatic N) is 2. The fourth-order valence-electron chi connectivity index (χ4n) is 4.05. The number of carbonyl (C=O) groups is 2. The Hall–Kier alpha value is -2.31. The number of ether oxygens (including phenoxy) is 4. The van der Waals surface area contributed by atoms with Crippen LogP contribution in [0.1, 0.15) is 32.3 Å². The van der Waals surface area contributed by atoms with Crippen molar-refractivity contribution in [1.29, 1.82) is 5.26 Å². The third-order valence-corrected chi connectivity index (χ3v) is 5.26. The highest BCUT2D eigenvalue weighted by Crippen LogP contribution is 2.47. The Morgan fingerprint density at radius 1 is 1.18 bits per heavy atom. The van der Waals surface area contributed by atoms with Gasteiger partial charge in [0.2, 0.25) is 11.8 Å². The molecule has 8 heteroatoms. The molecular weight excluding hydrogens is 364 g/mol. The number of amides is 2. The molecule has 28 heavy (non-hydrogen) atoms. The predicted octanol–water partition coefficient (Wildman–Crippen LogP) is 1.49. The quantitative estimate of drug-likeness (QED) is 0.707. The second-order valence-electron chi connectivity index (χ2n) is 7.61. The molecule has 4 rings (SSSR count). The number of nitriles is 1. The molecule has 3 heterocycles. The Morgan fingerprint density at radius 3 is 2.50 bits per heavy atom. The molecule has 0 bridgehead atoms. The molecule has 3 saturated heterocycles. The van der Waals surface area contributed by atoms with E-state index in [1.807, 2.05) is 30.3 Å². The molecule has 0 unspecified atom stereocenters. The third kappa shape index (κ3) is 3.01. The predicted molar refractivity (Wildman–Crippen MR) is 94.2 cm³/mol. The van der Waals surface area contributed by atoms with Gasteiger partial charge in [0.1, 0.15) is 6.10 Å². The summed E-state index contributed by atoms with van der Waals surface area (Å²) < 4.78 is 23.4. The molecule has 2 amide bonds. The van der Waals surface area contributed by atoms with Crippen molar-refractivity contribution in [3.8, 4) is 6.07 Å². The summed E-state index contributed by atoms with van der Waals surface area (Å²) in [5.74, 6) is -1.80. The van der Waals surface area contributed by atoms with E-state index in [9.17, 15) is 14.9 Å². The largest absolute Gasteiger partial charge is 0.374 e. The average molecular weight is 386 g/mol. The summed E-state index contributed by atoms with van der Waals surface area (Å²) in [5.41, 5.74) is -0.662. The molecule has 3 fully saturated rings. The summed E-state index contributed by atoms with van der Waals surface area (Å²) >= 11 is 0. The monoisotopic (exact) mass is 386 g/mol. The van der Waals surface area contributed by atoms with Crippen molar-refractivity contribution in [3.63, 3.8) is 0 Å². The first-order valence-corrected chi connectivity index (χ1v) is 9.27. The Bertz CT molecular complexity index is 804. The van der Waals surface area contributed by atoms with Crippen LogP contribution in [0.2, 0.25) is 0 Å². The average Bonchev–Trinajstić information content (AvgIpc) is 3.25. The van der Waals surface area contributed by atoms with Gasteiger partial charge < -0.3 is 18.9 Å². The molecule has 3 aliphatic rings. The van der Waals surface area contributed by atoms with E-state index in [2.05, 4.69) is 6.07 Å². The highest BCUT2D eigenvalue weighted by Gasteiger charge is 2.69. The smallest absolute Gasteiger partial charge is 0.231 e. The van der Waals surface area contributed by atoms with Gasteiger partial charge in [-0.25, -0.2) is 0 Å². The maximum absolute atomic E-state index is 12.5. The highest BCUT2D eigenvalue weighted by atomic mass is 16.8. The topological polar surface area (TPSA) is 98.1 Å². The van der Waals surface area contributed by atoms with Crippen LogP contribution < -0.4 is 0 Å². The van der Waals surface area contributed by atoms with E-state index in [-0.39, 0.29) is 19.4 Å². The molecule has 4 atom stereocenters. The first-order valence-electron chi connectivity index (χ1n) is 9.27. The van der Waals surface area contributed by atoms with Crippen molar-refractivity contribution >= 4 is 11.8 Å². The molecular formula is C20H22N2O6. The van der Waals surface area contributed by atoms with E-state index in [4.69, 9.17) is 18.9 Å². The second kappa shape index (κ2) is 6.94. The van der Waals surface area contributed by atoms with Gasteiger partial charge in [0.25, 0.3) is 0 Å². The Kier molecular flexibility index (Phi) is 4.71. The van der Waals surface area contributed by atoms with E-state index in [1.54, 1.807) is 13.8 Å². The summed E-state index contributed by atoms with van der Waals surface area (Å²) in [6, 6.07) is 11.7. The molecule has 1 aromatic rings. The molecule has 0 radical (unpaired) electrons. The van der Waals surface area contributed by atoms with Crippen molar-refractivity contribution in [1.82, 2.24) is 4.90 Å². The van der Waals surface area contributed by atoms with Crippen molar-refractivity contribution in [3.05, 3.63) is 35.9 Å². The minimum absolute atomic E-state index is 0.0136. The first-order chi connectivity index (χ1) is 13.4.